The molecule has 2 aromatic carbocycles. The first kappa shape index (κ1) is 27.9. The van der Waals surface area contributed by atoms with Crippen molar-refractivity contribution in [2.24, 2.45) is 0 Å². The van der Waals surface area contributed by atoms with Crippen LogP contribution in [0.3, 0.4) is 0 Å². The quantitative estimate of drug-likeness (QED) is 0.425. The van der Waals surface area contributed by atoms with E-state index in [9.17, 15) is 22.8 Å². The number of carbonyl (C=O) groups is 2. The molecule has 0 atom stereocenters. The Labute approximate surface area is 225 Å². The number of pyridine rings is 1. The first-order chi connectivity index (χ1) is 18.7. The number of nitrogens with one attached hydrogen (secondary N) is 1. The van der Waals surface area contributed by atoms with Gasteiger partial charge in [-0.2, -0.15) is 13.2 Å². The summed E-state index contributed by atoms with van der Waals surface area (Å²) in [4.78, 5) is 33.2. The summed E-state index contributed by atoms with van der Waals surface area (Å²) in [6.45, 7) is 3.49. The molecular formula is C29H31F3N4O3. The normalized spacial score (nSPS) is 13.7. The van der Waals surface area contributed by atoms with Gasteiger partial charge in [-0.05, 0) is 54.8 Å². The largest absolute Gasteiger partial charge is 0.492 e. The van der Waals surface area contributed by atoms with Gasteiger partial charge >= 0.3 is 6.18 Å². The van der Waals surface area contributed by atoms with E-state index in [1.807, 2.05) is 47.5 Å². The minimum atomic E-state index is -4.46. The second-order valence-electron chi connectivity index (χ2n) is 9.21. The van der Waals surface area contributed by atoms with Crippen LogP contribution in [0.4, 0.5) is 18.9 Å². The van der Waals surface area contributed by atoms with Crippen molar-refractivity contribution in [2.75, 3.05) is 44.2 Å². The molecule has 1 saturated heterocycles. The number of halogens is 3. The lowest BCUT2D eigenvalue weighted by Crippen LogP contribution is -2.48. The minimum Gasteiger partial charge on any atom is -0.492 e. The molecule has 1 N–H and O–H groups in total. The number of rotatable bonds is 9. The molecule has 1 aliphatic rings. The monoisotopic (exact) mass is 540 g/mol. The van der Waals surface area contributed by atoms with E-state index in [0.29, 0.717) is 51.4 Å². The zero-order chi connectivity index (χ0) is 27.8. The van der Waals surface area contributed by atoms with Crippen molar-refractivity contribution in [3.8, 4) is 16.9 Å². The van der Waals surface area contributed by atoms with Crippen LogP contribution in [0.15, 0.2) is 67.0 Å². The Kier molecular flexibility index (Phi) is 9.06. The van der Waals surface area contributed by atoms with E-state index in [1.54, 1.807) is 24.5 Å². The van der Waals surface area contributed by atoms with Crippen LogP contribution in [0, 0.1) is 0 Å². The zero-order valence-corrected chi connectivity index (χ0v) is 21.7. The lowest BCUT2D eigenvalue weighted by Gasteiger charge is -2.36. The molecule has 2 heterocycles. The van der Waals surface area contributed by atoms with Crippen molar-refractivity contribution < 1.29 is 27.5 Å². The number of aromatic nitrogens is 1. The Balaban J connectivity index is 1.29. The van der Waals surface area contributed by atoms with Gasteiger partial charge in [0.05, 0.1) is 12.8 Å². The molecule has 1 fully saturated rings. The molecule has 2 amide bonds. The lowest BCUT2D eigenvalue weighted by molar-refractivity contribution is -0.131. The highest BCUT2D eigenvalue weighted by Gasteiger charge is 2.28. The van der Waals surface area contributed by atoms with Gasteiger partial charge in [-0.25, -0.2) is 0 Å². The van der Waals surface area contributed by atoms with Crippen molar-refractivity contribution in [2.45, 2.75) is 25.9 Å². The van der Waals surface area contributed by atoms with Crippen LogP contribution in [0.25, 0.3) is 11.1 Å². The molecule has 3 aromatic rings. The molecule has 0 bridgehead atoms. The summed E-state index contributed by atoms with van der Waals surface area (Å²) < 4.78 is 42.6. The summed E-state index contributed by atoms with van der Waals surface area (Å²) in [6, 6.07) is 16.4. The third-order valence-corrected chi connectivity index (χ3v) is 6.54. The highest BCUT2D eigenvalue weighted by atomic mass is 19.4. The molecule has 4 rings (SSSR count). The Morgan fingerprint density at radius 2 is 1.72 bits per heavy atom. The maximum Gasteiger partial charge on any atom is 0.405 e. The number of ether oxygens (including phenoxy) is 1. The van der Waals surface area contributed by atoms with E-state index in [1.165, 1.54) is 12.1 Å². The van der Waals surface area contributed by atoms with Gasteiger partial charge in [0.2, 0.25) is 5.91 Å². The SMILES string of the molecule is CCOc1cncc(-c2ccccc2CCC(=O)N2CCN(c3ccc(C(=O)NCC(F)(F)F)cc3)CC2)c1. The molecule has 0 saturated carbocycles. The van der Waals surface area contributed by atoms with Gasteiger partial charge in [-0.3, -0.25) is 14.6 Å². The molecule has 0 spiro atoms. The average Bonchev–Trinajstić information content (AvgIpc) is 2.95. The summed E-state index contributed by atoms with van der Waals surface area (Å²) in [5.74, 6) is 0.0227. The summed E-state index contributed by atoms with van der Waals surface area (Å²) in [5.41, 5.74) is 4.06. The zero-order valence-electron chi connectivity index (χ0n) is 21.7. The maximum atomic E-state index is 13.0. The average molecular weight is 541 g/mol. The van der Waals surface area contributed by atoms with Crippen LogP contribution in [-0.2, 0) is 11.2 Å². The van der Waals surface area contributed by atoms with Crippen LogP contribution in [0.1, 0.15) is 29.3 Å². The van der Waals surface area contributed by atoms with Crippen molar-refractivity contribution in [3.05, 3.63) is 78.1 Å². The van der Waals surface area contributed by atoms with E-state index >= 15 is 0 Å². The summed E-state index contributed by atoms with van der Waals surface area (Å²) >= 11 is 0. The van der Waals surface area contributed by atoms with Crippen molar-refractivity contribution in [1.82, 2.24) is 15.2 Å². The molecular weight excluding hydrogens is 509 g/mol. The number of hydrogen-bond acceptors (Lipinski definition) is 5. The Hall–Kier alpha value is -4.08. The lowest BCUT2D eigenvalue weighted by atomic mass is 9.97. The van der Waals surface area contributed by atoms with Gasteiger partial charge in [0.25, 0.3) is 5.91 Å². The standard InChI is InChI=1S/C29H31F3N4O3/c1-2-39-25-17-23(18-33-19-25)26-6-4-3-5-21(26)9-12-27(37)36-15-13-35(14-16-36)24-10-7-22(8-11-24)28(38)34-20-29(30,31)32/h3-8,10-11,17-19H,2,9,12-16,20H2,1H3,(H,34,38). The highest BCUT2D eigenvalue weighted by Crippen LogP contribution is 2.27. The van der Waals surface area contributed by atoms with Crippen LogP contribution in [0.5, 0.6) is 5.75 Å². The highest BCUT2D eigenvalue weighted by molar-refractivity contribution is 5.94. The fraction of sp³-hybridized carbons (Fsp3) is 0.345. The van der Waals surface area contributed by atoms with Crippen LogP contribution >= 0.6 is 0 Å². The fourth-order valence-corrected chi connectivity index (χ4v) is 4.55. The molecule has 1 aliphatic heterocycles. The van der Waals surface area contributed by atoms with Crippen molar-refractivity contribution in [1.29, 1.82) is 0 Å². The molecule has 206 valence electrons. The van der Waals surface area contributed by atoms with Gasteiger partial charge in [0, 0.05) is 55.6 Å². The number of carbonyl (C=O) groups excluding carboxylic acids is 2. The molecule has 10 heteroatoms. The summed E-state index contributed by atoms with van der Waals surface area (Å²) in [5, 5.41) is 1.87. The first-order valence-electron chi connectivity index (χ1n) is 12.9. The summed E-state index contributed by atoms with van der Waals surface area (Å²) in [6.07, 6.45) is 0.0128. The number of benzene rings is 2. The number of alkyl halides is 3. The number of nitrogens with zero attached hydrogens (tertiary/aromatic N) is 3. The van der Waals surface area contributed by atoms with Gasteiger partial charge in [-0.15, -0.1) is 0 Å². The van der Waals surface area contributed by atoms with E-state index < -0.39 is 18.6 Å². The van der Waals surface area contributed by atoms with Gasteiger partial charge in [0.1, 0.15) is 12.3 Å². The smallest absolute Gasteiger partial charge is 0.405 e. The Morgan fingerprint density at radius 1 is 1.00 bits per heavy atom. The molecule has 1 aromatic heterocycles. The molecule has 7 nitrogen and oxygen atoms in total. The topological polar surface area (TPSA) is 74.8 Å². The second-order valence-corrected chi connectivity index (χ2v) is 9.21. The Bertz CT molecular complexity index is 1270. The molecule has 0 radical (unpaired) electrons. The van der Waals surface area contributed by atoms with E-state index in [0.717, 1.165) is 22.4 Å². The number of anilines is 1. The Morgan fingerprint density at radius 3 is 2.41 bits per heavy atom. The first-order valence-corrected chi connectivity index (χ1v) is 12.9. The number of hydrogen-bond donors (Lipinski definition) is 1. The maximum absolute atomic E-state index is 13.0. The van der Waals surface area contributed by atoms with E-state index in [2.05, 4.69) is 9.88 Å². The van der Waals surface area contributed by atoms with E-state index in [-0.39, 0.29) is 11.5 Å². The minimum absolute atomic E-state index is 0.0855. The van der Waals surface area contributed by atoms with Crippen LogP contribution in [-0.4, -0.2) is 67.2 Å². The van der Waals surface area contributed by atoms with E-state index in [4.69, 9.17) is 4.74 Å². The third kappa shape index (κ3) is 7.72. The number of amides is 2. The summed E-state index contributed by atoms with van der Waals surface area (Å²) in [7, 11) is 0. The predicted octanol–water partition coefficient (Wildman–Crippen LogP) is 4.72. The van der Waals surface area contributed by atoms with Crippen LogP contribution in [0.2, 0.25) is 0 Å². The number of aryl methyl sites for hydroxylation is 1. The van der Waals surface area contributed by atoms with Crippen molar-refractivity contribution in [3.63, 3.8) is 0 Å². The second kappa shape index (κ2) is 12.6. The molecule has 39 heavy (non-hydrogen) atoms. The molecule has 0 unspecified atom stereocenters. The fourth-order valence-electron chi connectivity index (χ4n) is 4.55. The van der Waals surface area contributed by atoms with Crippen LogP contribution < -0.4 is 15.0 Å². The predicted molar refractivity (Wildman–Crippen MR) is 143 cm³/mol. The van der Waals surface area contributed by atoms with Crippen molar-refractivity contribution >= 4 is 17.5 Å². The van der Waals surface area contributed by atoms with Gasteiger partial charge < -0.3 is 19.9 Å². The molecule has 0 aliphatic carbocycles. The van der Waals surface area contributed by atoms with Gasteiger partial charge in [-0.1, -0.05) is 24.3 Å². The third-order valence-electron chi connectivity index (χ3n) is 6.54. The van der Waals surface area contributed by atoms with Gasteiger partial charge in [0.15, 0.2) is 0 Å². The number of piperazine rings is 1.